The van der Waals surface area contributed by atoms with Gasteiger partial charge in [0.2, 0.25) is 5.91 Å². The van der Waals surface area contributed by atoms with Crippen LogP contribution in [0.3, 0.4) is 0 Å². The second kappa shape index (κ2) is 11.2. The van der Waals surface area contributed by atoms with E-state index >= 15 is 0 Å². The van der Waals surface area contributed by atoms with E-state index in [0.717, 1.165) is 12.8 Å². The van der Waals surface area contributed by atoms with Crippen LogP contribution in [-0.2, 0) is 14.3 Å². The van der Waals surface area contributed by atoms with Gasteiger partial charge in [-0.05, 0) is 38.7 Å². The molecule has 1 aromatic carbocycles. The van der Waals surface area contributed by atoms with Crippen molar-refractivity contribution in [2.45, 2.75) is 63.7 Å². The van der Waals surface area contributed by atoms with Crippen molar-refractivity contribution in [2.24, 2.45) is 5.73 Å². The molecule has 3 atom stereocenters. The Bertz CT molecular complexity index is 855. The Kier molecular flexibility index (Phi) is 8.68. The van der Waals surface area contributed by atoms with Crippen LogP contribution in [0.5, 0.6) is 0 Å². The van der Waals surface area contributed by atoms with Gasteiger partial charge >= 0.3 is 5.97 Å². The maximum absolute atomic E-state index is 12.8. The first kappa shape index (κ1) is 24.0. The second-order valence-electron chi connectivity index (χ2n) is 7.43. The number of primary amides is 1. The monoisotopic (exact) mass is 433 g/mol. The van der Waals surface area contributed by atoms with Gasteiger partial charge in [0.05, 0.1) is 11.0 Å². The number of para-hydroxylation sites is 1. The Morgan fingerprint density at radius 1 is 1.26 bits per heavy atom. The number of aliphatic hydroxyl groups is 1. The summed E-state index contributed by atoms with van der Waals surface area (Å²) in [4.78, 5) is 48.0. The minimum absolute atomic E-state index is 0.0944. The van der Waals surface area contributed by atoms with Gasteiger partial charge in [0.15, 0.2) is 0 Å². The van der Waals surface area contributed by atoms with Crippen LogP contribution in [-0.4, -0.2) is 51.0 Å². The Balaban J connectivity index is 1.87. The van der Waals surface area contributed by atoms with Gasteiger partial charge in [-0.2, -0.15) is 0 Å². The standard InChI is InChI=1S/C21H27N3O7/c1-14(8-3-2-4-12-18(25)19(22)26)31-21(28)17-11-7-13-23(17)20(27)15-9-5-6-10-16(15)24(29)30/h5-7,9-10,13-14,17-18,25H,2-4,8,11-12H2,1H3,(H2,22,26)/t14-,17+,18-/m1/s1. The van der Waals surface area contributed by atoms with Crippen LogP contribution >= 0.6 is 0 Å². The molecule has 1 heterocycles. The van der Waals surface area contributed by atoms with Gasteiger partial charge in [-0.3, -0.25) is 19.7 Å². The van der Waals surface area contributed by atoms with Crippen molar-refractivity contribution in [1.82, 2.24) is 4.90 Å². The van der Waals surface area contributed by atoms with Crippen molar-refractivity contribution in [3.05, 3.63) is 52.2 Å². The van der Waals surface area contributed by atoms with Crippen LogP contribution in [0.4, 0.5) is 5.69 Å². The molecular formula is C21H27N3O7. The van der Waals surface area contributed by atoms with Crippen molar-refractivity contribution in [3.63, 3.8) is 0 Å². The van der Waals surface area contributed by atoms with Crippen LogP contribution in [0.25, 0.3) is 0 Å². The van der Waals surface area contributed by atoms with Gasteiger partial charge in [0.25, 0.3) is 11.6 Å². The molecule has 0 bridgehead atoms. The SMILES string of the molecule is C[C@H](CCCCC[C@@H](O)C(N)=O)OC(=O)[C@@H]1CC=CN1C(=O)c1ccccc1[N+](=O)[O-]. The number of carbonyl (C=O) groups is 3. The zero-order chi connectivity index (χ0) is 23.0. The predicted octanol–water partition coefficient (Wildman–Crippen LogP) is 2.05. The number of benzene rings is 1. The molecule has 0 unspecified atom stereocenters. The lowest BCUT2D eigenvalue weighted by Gasteiger charge is -2.24. The van der Waals surface area contributed by atoms with E-state index < -0.39 is 41.0 Å². The number of esters is 1. The lowest BCUT2D eigenvalue weighted by Crippen LogP contribution is -2.41. The van der Waals surface area contributed by atoms with Crippen molar-refractivity contribution >= 4 is 23.5 Å². The Hall–Kier alpha value is -3.27. The molecular weight excluding hydrogens is 406 g/mol. The number of amides is 2. The van der Waals surface area contributed by atoms with E-state index in [0.29, 0.717) is 19.3 Å². The summed E-state index contributed by atoms with van der Waals surface area (Å²) in [5.74, 6) is -1.95. The van der Waals surface area contributed by atoms with Gasteiger partial charge < -0.3 is 20.5 Å². The molecule has 0 radical (unpaired) electrons. The van der Waals surface area contributed by atoms with Crippen LogP contribution in [0.2, 0.25) is 0 Å². The van der Waals surface area contributed by atoms with Gasteiger partial charge in [-0.15, -0.1) is 0 Å². The lowest BCUT2D eigenvalue weighted by atomic mass is 10.1. The zero-order valence-electron chi connectivity index (χ0n) is 17.3. The summed E-state index contributed by atoms with van der Waals surface area (Å²) >= 11 is 0. The fraction of sp³-hybridized carbons (Fsp3) is 0.476. The summed E-state index contributed by atoms with van der Waals surface area (Å²) in [5, 5.41) is 20.6. The quantitative estimate of drug-likeness (QED) is 0.234. The second-order valence-corrected chi connectivity index (χ2v) is 7.43. The van der Waals surface area contributed by atoms with Crippen LogP contribution < -0.4 is 5.73 Å². The van der Waals surface area contributed by atoms with E-state index in [1.165, 1.54) is 35.4 Å². The van der Waals surface area contributed by atoms with Crippen LogP contribution in [0.15, 0.2) is 36.5 Å². The molecule has 31 heavy (non-hydrogen) atoms. The highest BCUT2D eigenvalue weighted by molar-refractivity contribution is 6.01. The summed E-state index contributed by atoms with van der Waals surface area (Å²) in [6.07, 6.45) is 4.77. The summed E-state index contributed by atoms with van der Waals surface area (Å²) in [6, 6.07) is 4.72. The Morgan fingerprint density at radius 3 is 2.61 bits per heavy atom. The summed E-state index contributed by atoms with van der Waals surface area (Å²) in [7, 11) is 0. The maximum Gasteiger partial charge on any atom is 0.329 e. The Labute approximate surface area is 179 Å². The molecule has 0 aromatic heterocycles. The van der Waals surface area contributed by atoms with E-state index in [4.69, 9.17) is 10.5 Å². The summed E-state index contributed by atoms with van der Waals surface area (Å²) in [5.41, 5.74) is 4.57. The van der Waals surface area contributed by atoms with E-state index in [9.17, 15) is 29.6 Å². The molecule has 0 saturated carbocycles. The number of hydrogen-bond acceptors (Lipinski definition) is 7. The predicted molar refractivity (Wildman–Crippen MR) is 111 cm³/mol. The number of carbonyl (C=O) groups excluding carboxylic acids is 3. The van der Waals surface area contributed by atoms with Crippen LogP contribution in [0.1, 0.15) is 55.8 Å². The third-order valence-electron chi connectivity index (χ3n) is 5.03. The maximum atomic E-state index is 12.8. The van der Waals surface area contributed by atoms with Gasteiger partial charge in [0.1, 0.15) is 17.7 Å². The molecule has 10 nitrogen and oxygen atoms in total. The first-order valence-corrected chi connectivity index (χ1v) is 10.1. The third kappa shape index (κ3) is 6.61. The number of nitrogens with zero attached hydrogens (tertiary/aromatic N) is 2. The van der Waals surface area contributed by atoms with Crippen LogP contribution in [0, 0.1) is 10.1 Å². The van der Waals surface area contributed by atoms with E-state index in [1.807, 2.05) is 0 Å². The zero-order valence-corrected chi connectivity index (χ0v) is 17.3. The summed E-state index contributed by atoms with van der Waals surface area (Å²) in [6.45, 7) is 1.74. The number of rotatable bonds is 11. The van der Waals surface area contributed by atoms with Gasteiger partial charge in [-0.1, -0.05) is 31.1 Å². The fourth-order valence-electron chi connectivity index (χ4n) is 3.32. The number of nitro benzene ring substituents is 1. The molecule has 2 rings (SSSR count). The van der Waals surface area contributed by atoms with E-state index in [1.54, 1.807) is 13.0 Å². The number of nitrogens with two attached hydrogens (primary N) is 1. The number of hydrogen-bond donors (Lipinski definition) is 2. The van der Waals surface area contributed by atoms with Gasteiger partial charge in [0, 0.05) is 12.3 Å². The molecule has 168 valence electrons. The molecule has 10 heteroatoms. The molecule has 0 saturated heterocycles. The number of nitro groups is 1. The smallest absolute Gasteiger partial charge is 0.329 e. The third-order valence-corrected chi connectivity index (χ3v) is 5.03. The van der Waals surface area contributed by atoms with E-state index in [2.05, 4.69) is 0 Å². The molecule has 0 fully saturated rings. The number of unbranched alkanes of at least 4 members (excludes halogenated alkanes) is 2. The highest BCUT2D eigenvalue weighted by Gasteiger charge is 2.35. The number of aliphatic hydroxyl groups excluding tert-OH is 1. The molecule has 3 N–H and O–H groups in total. The van der Waals surface area contributed by atoms with Gasteiger partial charge in [-0.25, -0.2) is 4.79 Å². The average molecular weight is 433 g/mol. The van der Waals surface area contributed by atoms with Crippen molar-refractivity contribution in [2.75, 3.05) is 0 Å². The highest BCUT2D eigenvalue weighted by atomic mass is 16.6. The van der Waals surface area contributed by atoms with E-state index in [-0.39, 0.29) is 17.7 Å². The van der Waals surface area contributed by atoms with Crippen molar-refractivity contribution in [1.29, 1.82) is 0 Å². The molecule has 0 aliphatic carbocycles. The molecule has 2 amide bonds. The topological polar surface area (TPSA) is 153 Å². The molecule has 0 spiro atoms. The lowest BCUT2D eigenvalue weighted by molar-refractivity contribution is -0.385. The normalized spacial score (nSPS) is 17.2. The first-order valence-electron chi connectivity index (χ1n) is 10.1. The minimum Gasteiger partial charge on any atom is -0.461 e. The number of ether oxygens (including phenoxy) is 1. The molecule has 1 aromatic rings. The Morgan fingerprint density at radius 2 is 1.94 bits per heavy atom. The van der Waals surface area contributed by atoms with Crippen molar-refractivity contribution in [3.8, 4) is 0 Å². The largest absolute Gasteiger partial charge is 0.461 e. The first-order chi connectivity index (χ1) is 14.7. The van der Waals surface area contributed by atoms with Crippen molar-refractivity contribution < 1.29 is 29.2 Å². The highest BCUT2D eigenvalue weighted by Crippen LogP contribution is 2.25. The molecule has 1 aliphatic rings. The average Bonchev–Trinajstić information content (AvgIpc) is 3.22. The fourth-order valence-corrected chi connectivity index (χ4v) is 3.32. The molecule has 1 aliphatic heterocycles. The minimum atomic E-state index is -1.14. The summed E-state index contributed by atoms with van der Waals surface area (Å²) < 4.78 is 5.46.